The Balaban J connectivity index is 0.000000132. The van der Waals surface area contributed by atoms with Crippen molar-refractivity contribution < 1.29 is 4.79 Å². The van der Waals surface area contributed by atoms with Gasteiger partial charge in [-0.1, -0.05) is 59.1 Å². The number of nitrogens with zero attached hydrogens (tertiary/aromatic N) is 5. The number of hydrogen-bond donors (Lipinski definition) is 3. The van der Waals surface area contributed by atoms with Crippen LogP contribution in [0.1, 0.15) is 12.8 Å². The maximum atomic E-state index is 12.4. The molecule has 4 bridgehead atoms. The van der Waals surface area contributed by atoms with Crippen LogP contribution in [0.4, 0.5) is 26.4 Å². The summed E-state index contributed by atoms with van der Waals surface area (Å²) in [5.41, 5.74) is 7.03. The SMILES string of the molecule is Brc1cnc(N2CC3CC(C2)N3)s1.Nc1ccccc1.O=C(Nc1ccccc1)N1C2CC1CN(c1ncc(Br)s1)C2. The third-order valence-electron chi connectivity index (χ3n) is 7.65. The van der Waals surface area contributed by atoms with Crippen LogP contribution in [0.3, 0.4) is 0 Å². The fourth-order valence-electron chi connectivity index (χ4n) is 5.71. The molecule has 8 heterocycles. The number of carbonyl (C=O) groups excluding carboxylic acids is 1. The van der Waals surface area contributed by atoms with Crippen molar-refractivity contribution in [2.75, 3.05) is 47.0 Å². The summed E-state index contributed by atoms with van der Waals surface area (Å²) in [5.74, 6) is 0. The van der Waals surface area contributed by atoms with E-state index in [1.165, 1.54) is 6.42 Å². The van der Waals surface area contributed by atoms with E-state index in [9.17, 15) is 4.79 Å². The first-order valence-corrected chi connectivity index (χ1v) is 17.1. The van der Waals surface area contributed by atoms with Crippen LogP contribution in [0.15, 0.2) is 80.6 Å². The summed E-state index contributed by atoms with van der Waals surface area (Å²) in [6, 6.07) is 21.1. The molecule has 10 rings (SSSR count). The minimum atomic E-state index is 0.00687. The molecule has 4 unspecified atom stereocenters. The predicted octanol–water partition coefficient (Wildman–Crippen LogP) is 6.13. The Bertz CT molecular complexity index is 1440. The second-order valence-electron chi connectivity index (χ2n) is 10.7. The molecule has 220 valence electrons. The quantitative estimate of drug-likeness (QED) is 0.218. The highest BCUT2D eigenvalue weighted by molar-refractivity contribution is 9.11. The van der Waals surface area contributed by atoms with Crippen LogP contribution in [-0.2, 0) is 0 Å². The fourth-order valence-corrected chi connectivity index (χ4v) is 8.11. The van der Waals surface area contributed by atoms with Gasteiger partial charge in [0, 0.05) is 49.6 Å². The van der Waals surface area contributed by atoms with Gasteiger partial charge in [0.2, 0.25) is 0 Å². The zero-order valence-corrected chi connectivity index (χ0v) is 27.6. The number of urea groups is 1. The topological polar surface area (TPSA) is 103 Å². The number of piperidine rings is 2. The minimum absolute atomic E-state index is 0.00687. The van der Waals surface area contributed by atoms with E-state index in [1.54, 1.807) is 22.7 Å². The Morgan fingerprint density at radius 1 is 0.810 bits per heavy atom. The first kappa shape index (κ1) is 29.4. The largest absolute Gasteiger partial charge is 0.399 e. The molecule has 2 amide bonds. The zero-order valence-electron chi connectivity index (χ0n) is 22.8. The third-order valence-corrected chi connectivity index (χ3v) is 10.7. The number of amides is 2. The molecule has 9 nitrogen and oxygen atoms in total. The molecule has 4 atom stereocenters. The summed E-state index contributed by atoms with van der Waals surface area (Å²) in [5, 5.41) is 8.68. The number of nitrogens with two attached hydrogens (primary N) is 1. The number of halogens is 2. The highest BCUT2D eigenvalue weighted by atomic mass is 79.9. The molecule has 6 aliphatic heterocycles. The molecule has 6 saturated heterocycles. The van der Waals surface area contributed by atoms with Gasteiger partial charge in [0.15, 0.2) is 10.3 Å². The third kappa shape index (κ3) is 7.08. The maximum absolute atomic E-state index is 12.4. The van der Waals surface area contributed by atoms with Crippen molar-refractivity contribution in [2.45, 2.75) is 37.0 Å². The number of benzene rings is 2. The molecule has 6 fully saturated rings. The Morgan fingerprint density at radius 2 is 1.31 bits per heavy atom. The van der Waals surface area contributed by atoms with Gasteiger partial charge in [-0.05, 0) is 69.0 Å². The summed E-state index contributed by atoms with van der Waals surface area (Å²) in [6.07, 6.45) is 6.15. The Labute approximate surface area is 270 Å². The van der Waals surface area contributed by atoms with Crippen LogP contribution in [0.2, 0.25) is 0 Å². The van der Waals surface area contributed by atoms with Crippen molar-refractivity contribution in [3.63, 3.8) is 0 Å². The van der Waals surface area contributed by atoms with Gasteiger partial charge in [-0.15, -0.1) is 0 Å². The minimum Gasteiger partial charge on any atom is -0.399 e. The first-order valence-electron chi connectivity index (χ1n) is 13.8. The molecule has 6 aliphatic rings. The molecule has 0 spiro atoms. The van der Waals surface area contributed by atoms with Crippen molar-refractivity contribution in [2.24, 2.45) is 0 Å². The van der Waals surface area contributed by atoms with Crippen molar-refractivity contribution >= 4 is 82.2 Å². The Hall–Kier alpha value is -2.71. The van der Waals surface area contributed by atoms with Gasteiger partial charge in [-0.25, -0.2) is 14.8 Å². The first-order chi connectivity index (χ1) is 20.4. The number of nitrogen functional groups attached to an aromatic ring is 1. The predicted molar refractivity (Wildman–Crippen MR) is 180 cm³/mol. The standard InChI is InChI=1S/C15H15BrN4OS.C8H10BrN3S.C6H7N/c16-13-7-17-15(22-13)19-8-11-6-12(9-19)20(11)14(21)18-10-4-2-1-3-5-10;9-7-2-10-8(13-7)12-3-5-1-6(4-12)11-5;7-6-4-2-1-3-5-6/h1-5,7,11-12H,6,8-9H2,(H,18,21);2,5-6,11H,1,3-4H2;1-5H,7H2. The molecule has 4 N–H and O–H groups in total. The molecule has 0 radical (unpaired) electrons. The number of fused-ring (bicyclic) bond motifs is 4. The van der Waals surface area contributed by atoms with E-state index in [1.807, 2.05) is 78.0 Å². The van der Waals surface area contributed by atoms with Gasteiger partial charge in [0.25, 0.3) is 0 Å². The summed E-state index contributed by atoms with van der Waals surface area (Å²) in [4.78, 5) is 27.8. The van der Waals surface area contributed by atoms with E-state index in [2.05, 4.69) is 62.3 Å². The molecule has 0 aliphatic carbocycles. The van der Waals surface area contributed by atoms with Crippen LogP contribution in [-0.4, -0.2) is 71.2 Å². The van der Waals surface area contributed by atoms with E-state index in [4.69, 9.17) is 5.73 Å². The lowest BCUT2D eigenvalue weighted by molar-refractivity contribution is 0.0439. The van der Waals surface area contributed by atoms with E-state index < -0.39 is 0 Å². The van der Waals surface area contributed by atoms with Gasteiger partial charge in [0.05, 0.1) is 32.1 Å². The normalized spacial score (nSPS) is 23.3. The number of aromatic nitrogens is 2. The number of rotatable bonds is 3. The van der Waals surface area contributed by atoms with Crippen LogP contribution < -0.4 is 26.2 Å². The fraction of sp³-hybridized carbons (Fsp3) is 0.345. The molecule has 2 aromatic heterocycles. The van der Waals surface area contributed by atoms with Crippen LogP contribution in [0.25, 0.3) is 0 Å². The van der Waals surface area contributed by atoms with E-state index in [0.29, 0.717) is 12.1 Å². The summed E-state index contributed by atoms with van der Waals surface area (Å²) in [6.45, 7) is 3.96. The smallest absolute Gasteiger partial charge is 0.322 e. The zero-order chi connectivity index (χ0) is 29.1. The number of thiazole rings is 2. The van der Waals surface area contributed by atoms with Gasteiger partial charge >= 0.3 is 6.03 Å². The molecular formula is C29H32Br2N8OS2. The van der Waals surface area contributed by atoms with Crippen molar-refractivity contribution in [1.29, 1.82) is 0 Å². The average molecular weight is 733 g/mol. The number of nitrogens with one attached hydrogen (secondary N) is 2. The summed E-state index contributed by atoms with van der Waals surface area (Å²) < 4.78 is 2.16. The highest BCUT2D eigenvalue weighted by Crippen LogP contribution is 2.37. The van der Waals surface area contributed by atoms with Crippen LogP contribution in [0, 0.1) is 0 Å². The molecular weight excluding hydrogens is 700 g/mol. The molecule has 4 aromatic rings. The maximum Gasteiger partial charge on any atom is 0.322 e. The summed E-state index contributed by atoms with van der Waals surface area (Å²) in [7, 11) is 0. The lowest BCUT2D eigenvalue weighted by atomic mass is 9.88. The van der Waals surface area contributed by atoms with Crippen LogP contribution in [0.5, 0.6) is 0 Å². The van der Waals surface area contributed by atoms with Gasteiger partial charge in [-0.3, -0.25) is 0 Å². The second-order valence-corrected chi connectivity index (χ2v) is 15.4. The number of hydrogen-bond acceptors (Lipinski definition) is 9. The Morgan fingerprint density at radius 3 is 1.76 bits per heavy atom. The van der Waals surface area contributed by atoms with E-state index in [0.717, 1.165) is 61.8 Å². The van der Waals surface area contributed by atoms with Crippen molar-refractivity contribution in [1.82, 2.24) is 20.2 Å². The van der Waals surface area contributed by atoms with Crippen LogP contribution >= 0.6 is 54.5 Å². The molecule has 2 aromatic carbocycles. The second kappa shape index (κ2) is 13.3. The average Bonchev–Trinajstić information content (AvgIpc) is 3.63. The molecule has 13 heteroatoms. The summed E-state index contributed by atoms with van der Waals surface area (Å²) >= 11 is 10.3. The van der Waals surface area contributed by atoms with Gasteiger partial charge in [-0.2, -0.15) is 0 Å². The van der Waals surface area contributed by atoms with Crippen molar-refractivity contribution in [3.8, 4) is 0 Å². The van der Waals surface area contributed by atoms with Gasteiger partial charge < -0.3 is 31.1 Å². The Kier molecular flexibility index (Phi) is 9.29. The highest BCUT2D eigenvalue weighted by Gasteiger charge is 2.47. The van der Waals surface area contributed by atoms with Crippen molar-refractivity contribution in [3.05, 3.63) is 80.6 Å². The molecule has 0 saturated carbocycles. The van der Waals surface area contributed by atoms with E-state index in [-0.39, 0.29) is 18.1 Å². The number of para-hydroxylation sites is 2. The molecule has 42 heavy (non-hydrogen) atoms. The number of carbonyl (C=O) groups is 1. The number of anilines is 4. The van der Waals surface area contributed by atoms with Gasteiger partial charge in [0.1, 0.15) is 0 Å². The number of piperazine rings is 2. The monoisotopic (exact) mass is 730 g/mol. The van der Waals surface area contributed by atoms with E-state index >= 15 is 0 Å². The lowest BCUT2D eigenvalue weighted by Crippen LogP contribution is -2.71. The lowest BCUT2D eigenvalue weighted by Gasteiger charge is -2.55.